The number of hydrogen-bond acceptors (Lipinski definition) is 8. The average molecular weight is 366 g/mol. The SMILES string of the molecule is COC(=O)[C@@H](NC(=O)c1cccc([N+](=O)[O-])c1)[C@@H](C)OC(=O)CC(C)=O. The summed E-state index contributed by atoms with van der Waals surface area (Å²) in [5, 5.41) is 13.1. The monoisotopic (exact) mass is 366 g/mol. The van der Waals surface area contributed by atoms with Gasteiger partial charge in [-0.15, -0.1) is 0 Å². The predicted octanol–water partition coefficient (Wildman–Crippen LogP) is 0.777. The highest BCUT2D eigenvalue weighted by molar-refractivity contribution is 5.97. The summed E-state index contributed by atoms with van der Waals surface area (Å²) in [6.45, 7) is 2.54. The van der Waals surface area contributed by atoms with E-state index in [1.54, 1.807) is 0 Å². The molecular formula is C16H18N2O8. The first-order chi connectivity index (χ1) is 12.1. The second kappa shape index (κ2) is 9.25. The van der Waals surface area contributed by atoms with Gasteiger partial charge in [0.05, 0.1) is 12.0 Å². The fraction of sp³-hybridized carbons (Fsp3) is 0.375. The van der Waals surface area contributed by atoms with Gasteiger partial charge in [-0.3, -0.25) is 24.5 Å². The fourth-order valence-electron chi connectivity index (χ4n) is 2.00. The number of nitro groups is 1. The largest absolute Gasteiger partial charge is 0.467 e. The summed E-state index contributed by atoms with van der Waals surface area (Å²) in [6.07, 6.45) is -1.60. The second-order valence-corrected chi connectivity index (χ2v) is 5.36. The normalized spacial score (nSPS) is 12.4. The highest BCUT2D eigenvalue weighted by Crippen LogP contribution is 2.14. The summed E-state index contributed by atoms with van der Waals surface area (Å²) in [5.41, 5.74) is -0.358. The van der Waals surface area contributed by atoms with Gasteiger partial charge in [-0.1, -0.05) is 6.07 Å². The van der Waals surface area contributed by atoms with Crippen LogP contribution >= 0.6 is 0 Å². The van der Waals surface area contributed by atoms with Crippen LogP contribution in [0.3, 0.4) is 0 Å². The molecule has 0 fully saturated rings. The summed E-state index contributed by atoms with van der Waals surface area (Å²) >= 11 is 0. The number of carbonyl (C=O) groups excluding carboxylic acids is 4. The molecule has 0 bridgehead atoms. The standard InChI is InChI=1S/C16H18N2O8/c1-9(19)7-13(20)26-10(2)14(16(22)25-3)17-15(21)11-5-4-6-12(8-11)18(23)24/h4-6,8,10,14H,7H2,1-3H3,(H,17,21)/t10-,14+/m1/s1. The number of ether oxygens (including phenoxy) is 2. The van der Waals surface area contributed by atoms with Crippen LogP contribution in [0.25, 0.3) is 0 Å². The van der Waals surface area contributed by atoms with Crippen molar-refractivity contribution < 1.29 is 33.6 Å². The van der Waals surface area contributed by atoms with Crippen LogP contribution in [-0.4, -0.2) is 47.8 Å². The van der Waals surface area contributed by atoms with Crippen molar-refractivity contribution in [3.63, 3.8) is 0 Å². The van der Waals surface area contributed by atoms with E-state index in [4.69, 9.17) is 4.74 Å². The van der Waals surface area contributed by atoms with E-state index < -0.39 is 47.1 Å². The first-order valence-corrected chi connectivity index (χ1v) is 7.47. The molecule has 0 aliphatic heterocycles. The first kappa shape index (κ1) is 20.7. The van der Waals surface area contributed by atoms with Crippen LogP contribution in [-0.2, 0) is 23.9 Å². The lowest BCUT2D eigenvalue weighted by Crippen LogP contribution is -2.49. The van der Waals surface area contributed by atoms with Crippen molar-refractivity contribution in [2.45, 2.75) is 32.4 Å². The molecule has 1 amide bonds. The summed E-state index contributed by atoms with van der Waals surface area (Å²) in [4.78, 5) is 56.8. The molecule has 1 aromatic carbocycles. The molecule has 1 N–H and O–H groups in total. The maximum absolute atomic E-state index is 12.3. The maximum Gasteiger partial charge on any atom is 0.332 e. The number of hydrogen-bond donors (Lipinski definition) is 1. The Bertz CT molecular complexity index is 731. The fourth-order valence-corrected chi connectivity index (χ4v) is 2.00. The third-order valence-corrected chi connectivity index (χ3v) is 3.24. The minimum atomic E-state index is -1.36. The molecule has 0 saturated heterocycles. The Kier molecular flexibility index (Phi) is 7.38. The number of carbonyl (C=O) groups is 4. The van der Waals surface area contributed by atoms with E-state index in [-0.39, 0.29) is 11.3 Å². The number of Topliss-reactive ketones (excluding diaryl/α,β-unsaturated/α-hetero) is 1. The van der Waals surface area contributed by atoms with Crippen molar-refractivity contribution in [1.82, 2.24) is 5.32 Å². The van der Waals surface area contributed by atoms with Gasteiger partial charge in [-0.2, -0.15) is 0 Å². The molecule has 0 aromatic heterocycles. The summed E-state index contributed by atoms with van der Waals surface area (Å²) < 4.78 is 9.54. The van der Waals surface area contributed by atoms with Gasteiger partial charge < -0.3 is 14.8 Å². The molecular weight excluding hydrogens is 348 g/mol. The number of benzene rings is 1. The van der Waals surface area contributed by atoms with Crippen LogP contribution < -0.4 is 5.32 Å². The first-order valence-electron chi connectivity index (χ1n) is 7.47. The highest BCUT2D eigenvalue weighted by Gasteiger charge is 2.31. The molecule has 10 heteroatoms. The Labute approximate surface area is 148 Å². The Hall–Kier alpha value is -3.30. The Morgan fingerprint density at radius 3 is 2.46 bits per heavy atom. The third kappa shape index (κ3) is 5.96. The van der Waals surface area contributed by atoms with E-state index in [1.807, 2.05) is 0 Å². The second-order valence-electron chi connectivity index (χ2n) is 5.36. The topological polar surface area (TPSA) is 142 Å². The quantitative estimate of drug-likeness (QED) is 0.308. The maximum atomic E-state index is 12.3. The van der Waals surface area contributed by atoms with Gasteiger partial charge >= 0.3 is 11.9 Å². The smallest absolute Gasteiger partial charge is 0.332 e. The third-order valence-electron chi connectivity index (χ3n) is 3.24. The van der Waals surface area contributed by atoms with Crippen molar-refractivity contribution in [3.8, 4) is 0 Å². The van der Waals surface area contributed by atoms with Crippen molar-refractivity contribution >= 4 is 29.3 Å². The summed E-state index contributed by atoms with van der Waals surface area (Å²) in [6, 6.07) is 3.53. The number of ketones is 1. The summed E-state index contributed by atoms with van der Waals surface area (Å²) in [5.74, 6) is -2.95. The molecule has 0 spiro atoms. The predicted molar refractivity (Wildman–Crippen MR) is 87.2 cm³/mol. The van der Waals surface area contributed by atoms with Gasteiger partial charge in [0.15, 0.2) is 6.04 Å². The minimum absolute atomic E-state index is 0.0598. The molecule has 2 atom stereocenters. The Morgan fingerprint density at radius 2 is 1.92 bits per heavy atom. The molecule has 0 heterocycles. The van der Waals surface area contributed by atoms with Gasteiger partial charge in [0.2, 0.25) is 0 Å². The Balaban J connectivity index is 2.93. The number of nitrogens with zero attached hydrogens (tertiary/aromatic N) is 1. The van der Waals surface area contributed by atoms with Crippen molar-refractivity contribution in [1.29, 1.82) is 0 Å². The molecule has 0 unspecified atom stereocenters. The molecule has 26 heavy (non-hydrogen) atoms. The number of rotatable bonds is 8. The van der Waals surface area contributed by atoms with Crippen LogP contribution in [0.2, 0.25) is 0 Å². The molecule has 1 aromatic rings. The van der Waals surface area contributed by atoms with E-state index in [2.05, 4.69) is 10.1 Å². The zero-order chi connectivity index (χ0) is 19.9. The van der Waals surface area contributed by atoms with Crippen molar-refractivity contribution in [2.24, 2.45) is 0 Å². The van der Waals surface area contributed by atoms with Gasteiger partial charge in [0, 0.05) is 17.7 Å². The van der Waals surface area contributed by atoms with E-state index in [1.165, 1.54) is 32.0 Å². The van der Waals surface area contributed by atoms with Crippen molar-refractivity contribution in [2.75, 3.05) is 7.11 Å². The number of nitrogens with one attached hydrogen (secondary N) is 1. The number of methoxy groups -OCH3 is 1. The molecule has 0 radical (unpaired) electrons. The van der Waals surface area contributed by atoms with Gasteiger partial charge in [0.25, 0.3) is 11.6 Å². The van der Waals surface area contributed by atoms with E-state index in [0.29, 0.717) is 0 Å². The zero-order valence-electron chi connectivity index (χ0n) is 14.4. The molecule has 140 valence electrons. The van der Waals surface area contributed by atoms with Crippen LogP contribution in [0.5, 0.6) is 0 Å². The number of esters is 2. The molecule has 10 nitrogen and oxygen atoms in total. The van der Waals surface area contributed by atoms with Gasteiger partial charge in [0.1, 0.15) is 18.3 Å². The lowest BCUT2D eigenvalue weighted by molar-refractivity contribution is -0.384. The number of amides is 1. The minimum Gasteiger partial charge on any atom is -0.467 e. The number of non-ortho nitro benzene ring substituents is 1. The van der Waals surface area contributed by atoms with Crippen LogP contribution in [0.1, 0.15) is 30.6 Å². The van der Waals surface area contributed by atoms with Crippen molar-refractivity contribution in [3.05, 3.63) is 39.9 Å². The van der Waals surface area contributed by atoms with E-state index in [0.717, 1.165) is 13.2 Å². The Morgan fingerprint density at radius 1 is 1.27 bits per heavy atom. The van der Waals surface area contributed by atoms with Crippen LogP contribution in [0.4, 0.5) is 5.69 Å². The van der Waals surface area contributed by atoms with Crippen LogP contribution in [0, 0.1) is 10.1 Å². The lowest BCUT2D eigenvalue weighted by atomic mass is 10.1. The lowest BCUT2D eigenvalue weighted by Gasteiger charge is -2.23. The van der Waals surface area contributed by atoms with E-state index >= 15 is 0 Å². The van der Waals surface area contributed by atoms with Crippen LogP contribution in [0.15, 0.2) is 24.3 Å². The van der Waals surface area contributed by atoms with Gasteiger partial charge in [-0.25, -0.2) is 4.79 Å². The molecule has 0 aliphatic carbocycles. The highest BCUT2D eigenvalue weighted by atomic mass is 16.6. The molecule has 1 rings (SSSR count). The summed E-state index contributed by atoms with van der Waals surface area (Å²) in [7, 11) is 1.08. The average Bonchev–Trinajstić information content (AvgIpc) is 2.57. The number of nitro benzene ring substituents is 1. The molecule has 0 aliphatic rings. The van der Waals surface area contributed by atoms with Gasteiger partial charge in [-0.05, 0) is 19.9 Å². The van der Waals surface area contributed by atoms with E-state index in [9.17, 15) is 29.3 Å². The molecule has 0 saturated carbocycles. The zero-order valence-corrected chi connectivity index (χ0v) is 14.4.